The Morgan fingerprint density at radius 2 is 2.14 bits per heavy atom. The summed E-state index contributed by atoms with van der Waals surface area (Å²) in [7, 11) is 0. The molecule has 1 saturated heterocycles. The number of carbonyl (C=O) groups is 1. The van der Waals surface area contributed by atoms with Crippen molar-refractivity contribution in [2.24, 2.45) is 11.1 Å². The molecule has 0 spiro atoms. The highest BCUT2D eigenvalue weighted by molar-refractivity contribution is 5.83. The van der Waals surface area contributed by atoms with Crippen LogP contribution in [0.3, 0.4) is 0 Å². The largest absolute Gasteiger partial charge is 0.381 e. The summed E-state index contributed by atoms with van der Waals surface area (Å²) in [4.78, 5) is 12.5. The quantitative estimate of drug-likeness (QED) is 0.893. The first kappa shape index (κ1) is 15.9. The van der Waals surface area contributed by atoms with E-state index in [2.05, 4.69) is 5.32 Å². The number of ether oxygens (including phenoxy) is 1. The minimum atomic E-state index is -0.560. The van der Waals surface area contributed by atoms with Crippen molar-refractivity contribution in [2.45, 2.75) is 32.7 Å². The average Bonchev–Trinajstić information content (AvgIpc) is 2.50. The van der Waals surface area contributed by atoms with E-state index in [4.69, 9.17) is 10.5 Å². The molecule has 1 aromatic rings. The van der Waals surface area contributed by atoms with Gasteiger partial charge in [-0.2, -0.15) is 0 Å². The van der Waals surface area contributed by atoms with Crippen LogP contribution in [0.4, 0.5) is 4.39 Å². The molecule has 1 amide bonds. The Morgan fingerprint density at radius 3 is 2.71 bits per heavy atom. The molecule has 2 rings (SSSR count). The zero-order valence-corrected chi connectivity index (χ0v) is 12.6. The van der Waals surface area contributed by atoms with Crippen LogP contribution in [-0.2, 0) is 9.53 Å². The maximum Gasteiger partial charge on any atom is 0.228 e. The Bertz CT molecular complexity index is 513. The second-order valence-electron chi connectivity index (χ2n) is 5.80. The molecule has 3 N–H and O–H groups in total. The number of rotatable bonds is 4. The van der Waals surface area contributed by atoms with Crippen LogP contribution in [0.25, 0.3) is 0 Å². The van der Waals surface area contributed by atoms with Gasteiger partial charge in [0.15, 0.2) is 0 Å². The van der Waals surface area contributed by atoms with Gasteiger partial charge in [-0.05, 0) is 43.9 Å². The highest BCUT2D eigenvalue weighted by Gasteiger charge is 2.39. The van der Waals surface area contributed by atoms with Gasteiger partial charge in [-0.1, -0.05) is 12.1 Å². The lowest BCUT2D eigenvalue weighted by Gasteiger charge is -2.35. The van der Waals surface area contributed by atoms with Gasteiger partial charge in [0, 0.05) is 19.8 Å². The predicted molar refractivity (Wildman–Crippen MR) is 79.2 cm³/mol. The molecule has 0 radical (unpaired) electrons. The van der Waals surface area contributed by atoms with Crippen LogP contribution in [0.5, 0.6) is 0 Å². The number of nitrogens with two attached hydrogens (primary N) is 1. The van der Waals surface area contributed by atoms with Gasteiger partial charge < -0.3 is 15.8 Å². The van der Waals surface area contributed by atoms with Crippen molar-refractivity contribution in [3.05, 3.63) is 35.1 Å². The van der Waals surface area contributed by atoms with Crippen molar-refractivity contribution in [3.8, 4) is 0 Å². The van der Waals surface area contributed by atoms with Crippen LogP contribution in [-0.4, -0.2) is 25.7 Å². The fraction of sp³-hybridized carbons (Fsp3) is 0.562. The smallest absolute Gasteiger partial charge is 0.228 e. The molecule has 0 saturated carbocycles. The van der Waals surface area contributed by atoms with Gasteiger partial charge >= 0.3 is 0 Å². The van der Waals surface area contributed by atoms with Crippen molar-refractivity contribution in [3.63, 3.8) is 0 Å². The number of halogens is 1. The van der Waals surface area contributed by atoms with E-state index >= 15 is 0 Å². The zero-order valence-electron chi connectivity index (χ0n) is 12.6. The van der Waals surface area contributed by atoms with Crippen molar-refractivity contribution in [2.75, 3.05) is 19.8 Å². The van der Waals surface area contributed by atoms with Crippen LogP contribution in [0.2, 0.25) is 0 Å². The fourth-order valence-electron chi connectivity index (χ4n) is 2.60. The third kappa shape index (κ3) is 3.41. The molecule has 1 heterocycles. The maximum absolute atomic E-state index is 13.6. The van der Waals surface area contributed by atoms with Crippen LogP contribution < -0.4 is 11.1 Å². The van der Waals surface area contributed by atoms with Gasteiger partial charge in [0.2, 0.25) is 5.91 Å². The minimum absolute atomic E-state index is 0.0678. The lowest BCUT2D eigenvalue weighted by atomic mass is 9.79. The molecule has 116 valence electrons. The van der Waals surface area contributed by atoms with E-state index in [9.17, 15) is 9.18 Å². The number of nitrogens with one attached hydrogen (secondary N) is 1. The van der Waals surface area contributed by atoms with E-state index in [1.165, 1.54) is 6.07 Å². The van der Waals surface area contributed by atoms with Crippen LogP contribution in [0.1, 0.15) is 36.9 Å². The third-order valence-corrected chi connectivity index (χ3v) is 4.37. The third-order valence-electron chi connectivity index (χ3n) is 4.37. The topological polar surface area (TPSA) is 64.4 Å². The van der Waals surface area contributed by atoms with Crippen LogP contribution in [0, 0.1) is 18.2 Å². The highest BCUT2D eigenvalue weighted by atomic mass is 19.1. The fourth-order valence-corrected chi connectivity index (χ4v) is 2.60. The molecule has 4 nitrogen and oxygen atoms in total. The van der Waals surface area contributed by atoms with E-state index in [-0.39, 0.29) is 17.8 Å². The number of hydrogen-bond donors (Lipinski definition) is 2. The second kappa shape index (κ2) is 6.54. The second-order valence-corrected chi connectivity index (χ2v) is 5.80. The SMILES string of the molecule is Cc1ccc(C(C)NC(=O)C2(CN)CCOCC2)cc1F. The first-order valence-electron chi connectivity index (χ1n) is 7.33. The molecule has 1 aliphatic rings. The lowest BCUT2D eigenvalue weighted by molar-refractivity contribution is -0.136. The first-order valence-corrected chi connectivity index (χ1v) is 7.33. The van der Waals surface area contributed by atoms with Crippen LogP contribution in [0.15, 0.2) is 18.2 Å². The normalized spacial score (nSPS) is 19.0. The van der Waals surface area contributed by atoms with E-state index in [1.54, 1.807) is 13.0 Å². The van der Waals surface area contributed by atoms with Gasteiger partial charge in [-0.15, -0.1) is 0 Å². The molecule has 0 aromatic heterocycles. The van der Waals surface area contributed by atoms with E-state index in [1.807, 2.05) is 13.0 Å². The molecule has 0 aliphatic carbocycles. The van der Waals surface area contributed by atoms with E-state index in [0.29, 0.717) is 38.2 Å². The number of hydrogen-bond acceptors (Lipinski definition) is 3. The summed E-state index contributed by atoms with van der Waals surface area (Å²) in [6.45, 7) is 4.98. The van der Waals surface area contributed by atoms with Crippen molar-refractivity contribution >= 4 is 5.91 Å². The molecule has 1 atom stereocenters. The standard InChI is InChI=1S/C16H23FN2O2/c1-11-3-4-13(9-14(11)17)12(2)19-15(20)16(10-18)5-7-21-8-6-16/h3-4,9,12H,5-8,10,18H2,1-2H3,(H,19,20). The Balaban J connectivity index is 2.08. The monoisotopic (exact) mass is 294 g/mol. The van der Waals surface area contributed by atoms with Crippen LogP contribution >= 0.6 is 0 Å². The Hall–Kier alpha value is -1.46. The summed E-state index contributed by atoms with van der Waals surface area (Å²) < 4.78 is 18.9. The molecule has 5 heteroatoms. The molecule has 21 heavy (non-hydrogen) atoms. The molecule has 1 unspecified atom stereocenters. The summed E-state index contributed by atoms with van der Waals surface area (Å²) in [5, 5.41) is 2.96. The molecular formula is C16H23FN2O2. The zero-order chi connectivity index (χ0) is 15.5. The molecule has 0 bridgehead atoms. The summed E-state index contributed by atoms with van der Waals surface area (Å²) in [5.41, 5.74) is 6.61. The van der Waals surface area contributed by atoms with Gasteiger partial charge in [0.1, 0.15) is 5.82 Å². The summed E-state index contributed by atoms with van der Waals surface area (Å²) >= 11 is 0. The maximum atomic E-state index is 13.6. The van der Waals surface area contributed by atoms with Crippen molar-refractivity contribution < 1.29 is 13.9 Å². The summed E-state index contributed by atoms with van der Waals surface area (Å²) in [6.07, 6.45) is 1.26. The number of benzene rings is 1. The summed E-state index contributed by atoms with van der Waals surface area (Å²) in [5.74, 6) is -0.324. The lowest BCUT2D eigenvalue weighted by Crippen LogP contribution is -2.49. The number of aryl methyl sites for hydroxylation is 1. The minimum Gasteiger partial charge on any atom is -0.381 e. The van der Waals surface area contributed by atoms with Gasteiger partial charge in [-0.3, -0.25) is 4.79 Å². The Morgan fingerprint density at radius 1 is 1.48 bits per heavy atom. The van der Waals surface area contributed by atoms with Gasteiger partial charge in [0.25, 0.3) is 0 Å². The van der Waals surface area contributed by atoms with Gasteiger partial charge in [0.05, 0.1) is 11.5 Å². The van der Waals surface area contributed by atoms with Crippen molar-refractivity contribution in [1.82, 2.24) is 5.32 Å². The molecule has 1 fully saturated rings. The van der Waals surface area contributed by atoms with Crippen molar-refractivity contribution in [1.29, 1.82) is 0 Å². The Labute approximate surface area is 124 Å². The van der Waals surface area contributed by atoms with E-state index in [0.717, 1.165) is 5.56 Å². The van der Waals surface area contributed by atoms with E-state index < -0.39 is 5.41 Å². The molecular weight excluding hydrogens is 271 g/mol. The molecule has 1 aromatic carbocycles. The first-order chi connectivity index (χ1) is 9.98. The van der Waals surface area contributed by atoms with Gasteiger partial charge in [-0.25, -0.2) is 4.39 Å². The Kier molecular flexibility index (Phi) is 4.96. The average molecular weight is 294 g/mol. The summed E-state index contributed by atoms with van der Waals surface area (Å²) in [6, 6.07) is 4.78. The predicted octanol–water partition coefficient (Wildman–Crippen LogP) is 2.07. The number of carbonyl (C=O) groups excluding carboxylic acids is 1. The highest BCUT2D eigenvalue weighted by Crippen LogP contribution is 2.30. The molecule has 1 aliphatic heterocycles. The number of amides is 1.